The number of carbonyl (C=O) groups is 1. The van der Waals surface area contributed by atoms with E-state index in [-0.39, 0.29) is 5.41 Å². The van der Waals surface area contributed by atoms with Crippen molar-refractivity contribution in [2.75, 3.05) is 45.8 Å². The molecule has 1 unspecified atom stereocenters. The lowest BCUT2D eigenvalue weighted by atomic mass is 9.77. The van der Waals surface area contributed by atoms with Crippen molar-refractivity contribution in [1.29, 1.82) is 0 Å². The number of nitrogens with zero attached hydrogens (tertiary/aromatic N) is 2. The van der Waals surface area contributed by atoms with E-state index in [2.05, 4.69) is 35.9 Å². The largest absolute Gasteiger partial charge is 0.340 e. The van der Waals surface area contributed by atoms with Gasteiger partial charge in [-0.1, -0.05) is 20.8 Å². The van der Waals surface area contributed by atoms with Crippen LogP contribution < -0.4 is 5.32 Å². The lowest BCUT2D eigenvalue weighted by Crippen LogP contribution is -2.56. The van der Waals surface area contributed by atoms with Crippen molar-refractivity contribution in [2.24, 2.45) is 11.3 Å². The van der Waals surface area contributed by atoms with Gasteiger partial charge in [0.2, 0.25) is 5.91 Å². The fourth-order valence-corrected chi connectivity index (χ4v) is 3.59. The number of nitrogens with one attached hydrogen (secondary N) is 1. The molecule has 2 heterocycles. The molecule has 0 aromatic rings. The summed E-state index contributed by atoms with van der Waals surface area (Å²) in [6.07, 6.45) is 3.15. The average molecular weight is 281 g/mol. The Morgan fingerprint density at radius 2 is 1.95 bits per heavy atom. The summed E-state index contributed by atoms with van der Waals surface area (Å²) in [5.74, 6) is 1.11. The summed E-state index contributed by atoms with van der Waals surface area (Å²) in [4.78, 5) is 17.5. The molecule has 2 saturated heterocycles. The Bertz CT molecular complexity index is 316. The molecule has 0 aromatic heterocycles. The Hall–Kier alpha value is -0.610. The highest BCUT2D eigenvalue weighted by atomic mass is 16.2. The van der Waals surface area contributed by atoms with Gasteiger partial charge in [0.05, 0.1) is 5.41 Å². The summed E-state index contributed by atoms with van der Waals surface area (Å²) in [5.41, 5.74) is -0.127. The van der Waals surface area contributed by atoms with Crippen molar-refractivity contribution >= 4 is 5.91 Å². The zero-order chi connectivity index (χ0) is 14.6. The second kappa shape index (κ2) is 6.90. The summed E-state index contributed by atoms with van der Waals surface area (Å²) in [5, 5.41) is 3.42. The molecule has 4 nitrogen and oxygen atoms in total. The standard InChI is InChI=1S/C16H31N3O/c1-4-16(6-5-7-17-13-16)15(20)19-10-8-18(9-11-19)12-14(2)3/h14,17H,4-13H2,1-3H3. The van der Waals surface area contributed by atoms with Crippen molar-refractivity contribution in [3.05, 3.63) is 0 Å². The Kier molecular flexibility index (Phi) is 5.44. The van der Waals surface area contributed by atoms with Crippen LogP contribution in [-0.2, 0) is 4.79 Å². The van der Waals surface area contributed by atoms with Gasteiger partial charge < -0.3 is 10.2 Å². The number of hydrogen-bond acceptors (Lipinski definition) is 3. The molecular weight excluding hydrogens is 250 g/mol. The van der Waals surface area contributed by atoms with E-state index in [0.717, 1.165) is 65.1 Å². The molecule has 2 rings (SSSR count). The first kappa shape index (κ1) is 15.8. The number of piperidine rings is 1. The number of amides is 1. The van der Waals surface area contributed by atoms with Crippen LogP contribution in [-0.4, -0.2) is 61.5 Å². The third-order valence-electron chi connectivity index (χ3n) is 4.89. The first-order valence-corrected chi connectivity index (χ1v) is 8.30. The molecule has 1 atom stereocenters. The predicted octanol–water partition coefficient (Wildman–Crippen LogP) is 1.57. The maximum absolute atomic E-state index is 12.9. The van der Waals surface area contributed by atoms with E-state index in [0.29, 0.717) is 11.8 Å². The average Bonchev–Trinajstić information content (AvgIpc) is 2.47. The van der Waals surface area contributed by atoms with Crippen LogP contribution in [0.2, 0.25) is 0 Å². The molecule has 20 heavy (non-hydrogen) atoms. The van der Waals surface area contributed by atoms with Crippen molar-refractivity contribution in [2.45, 2.75) is 40.0 Å². The van der Waals surface area contributed by atoms with Gasteiger partial charge in [-0.05, 0) is 31.7 Å². The van der Waals surface area contributed by atoms with Gasteiger partial charge in [-0.3, -0.25) is 9.69 Å². The van der Waals surface area contributed by atoms with E-state index in [1.54, 1.807) is 0 Å². The van der Waals surface area contributed by atoms with Crippen molar-refractivity contribution in [1.82, 2.24) is 15.1 Å². The molecule has 0 radical (unpaired) electrons. The summed E-state index contributed by atoms with van der Waals surface area (Å²) in [6, 6.07) is 0. The zero-order valence-corrected chi connectivity index (χ0v) is 13.5. The molecule has 2 aliphatic heterocycles. The minimum absolute atomic E-state index is 0.127. The molecule has 2 fully saturated rings. The van der Waals surface area contributed by atoms with Crippen LogP contribution in [0, 0.1) is 11.3 Å². The third kappa shape index (κ3) is 3.53. The van der Waals surface area contributed by atoms with Gasteiger partial charge >= 0.3 is 0 Å². The first-order chi connectivity index (χ1) is 9.57. The fourth-order valence-electron chi connectivity index (χ4n) is 3.59. The second-order valence-electron chi connectivity index (χ2n) is 6.90. The topological polar surface area (TPSA) is 35.6 Å². The number of carbonyl (C=O) groups excluding carboxylic acids is 1. The van der Waals surface area contributed by atoms with Crippen LogP contribution >= 0.6 is 0 Å². The van der Waals surface area contributed by atoms with Crippen LogP contribution in [0.15, 0.2) is 0 Å². The quantitative estimate of drug-likeness (QED) is 0.849. The number of hydrogen-bond donors (Lipinski definition) is 1. The Labute approximate surface area is 123 Å². The molecule has 0 spiro atoms. The molecule has 0 saturated carbocycles. The maximum atomic E-state index is 12.9. The van der Waals surface area contributed by atoms with Crippen LogP contribution in [0.1, 0.15) is 40.0 Å². The molecule has 0 aliphatic carbocycles. The summed E-state index contributed by atoms with van der Waals surface area (Å²) < 4.78 is 0. The highest BCUT2D eigenvalue weighted by molar-refractivity contribution is 5.83. The smallest absolute Gasteiger partial charge is 0.230 e. The van der Waals surface area contributed by atoms with Gasteiger partial charge in [0.15, 0.2) is 0 Å². The molecule has 0 bridgehead atoms. The molecular formula is C16H31N3O. The summed E-state index contributed by atoms with van der Waals surface area (Å²) in [6.45, 7) is 13.7. The minimum atomic E-state index is -0.127. The van der Waals surface area contributed by atoms with Gasteiger partial charge in [-0.25, -0.2) is 0 Å². The lowest BCUT2D eigenvalue weighted by Gasteiger charge is -2.43. The van der Waals surface area contributed by atoms with Crippen molar-refractivity contribution in [3.63, 3.8) is 0 Å². The van der Waals surface area contributed by atoms with Gasteiger partial charge in [0.1, 0.15) is 0 Å². The van der Waals surface area contributed by atoms with E-state index < -0.39 is 0 Å². The Morgan fingerprint density at radius 3 is 2.45 bits per heavy atom. The fraction of sp³-hybridized carbons (Fsp3) is 0.938. The monoisotopic (exact) mass is 281 g/mol. The highest BCUT2D eigenvalue weighted by Crippen LogP contribution is 2.32. The Morgan fingerprint density at radius 1 is 1.25 bits per heavy atom. The predicted molar refractivity (Wildman–Crippen MR) is 82.7 cm³/mol. The van der Waals surface area contributed by atoms with E-state index in [1.807, 2.05) is 0 Å². The summed E-state index contributed by atoms with van der Waals surface area (Å²) >= 11 is 0. The summed E-state index contributed by atoms with van der Waals surface area (Å²) in [7, 11) is 0. The van der Waals surface area contributed by atoms with Crippen LogP contribution in [0.4, 0.5) is 0 Å². The third-order valence-corrected chi connectivity index (χ3v) is 4.89. The van der Waals surface area contributed by atoms with Crippen LogP contribution in [0.25, 0.3) is 0 Å². The van der Waals surface area contributed by atoms with Gasteiger partial charge in [0.25, 0.3) is 0 Å². The first-order valence-electron chi connectivity index (χ1n) is 8.30. The number of piperazine rings is 1. The molecule has 116 valence electrons. The molecule has 0 aromatic carbocycles. The van der Waals surface area contributed by atoms with Crippen LogP contribution in [0.5, 0.6) is 0 Å². The second-order valence-corrected chi connectivity index (χ2v) is 6.90. The van der Waals surface area contributed by atoms with E-state index in [4.69, 9.17) is 0 Å². The van der Waals surface area contributed by atoms with Gasteiger partial charge in [-0.2, -0.15) is 0 Å². The van der Waals surface area contributed by atoms with Crippen LogP contribution in [0.3, 0.4) is 0 Å². The molecule has 4 heteroatoms. The Balaban J connectivity index is 1.90. The van der Waals surface area contributed by atoms with Crippen molar-refractivity contribution < 1.29 is 4.79 Å². The van der Waals surface area contributed by atoms with Gasteiger partial charge in [-0.15, -0.1) is 0 Å². The van der Waals surface area contributed by atoms with Crippen molar-refractivity contribution in [3.8, 4) is 0 Å². The van der Waals surface area contributed by atoms with E-state index >= 15 is 0 Å². The number of rotatable bonds is 4. The zero-order valence-electron chi connectivity index (χ0n) is 13.5. The van der Waals surface area contributed by atoms with E-state index in [9.17, 15) is 4.79 Å². The highest BCUT2D eigenvalue weighted by Gasteiger charge is 2.41. The van der Waals surface area contributed by atoms with Gasteiger partial charge in [0, 0.05) is 39.3 Å². The van der Waals surface area contributed by atoms with E-state index in [1.165, 1.54) is 0 Å². The lowest BCUT2D eigenvalue weighted by molar-refractivity contribution is -0.145. The maximum Gasteiger partial charge on any atom is 0.230 e. The normalized spacial score (nSPS) is 28.9. The SMILES string of the molecule is CCC1(C(=O)N2CCN(CC(C)C)CC2)CCCNC1. The minimum Gasteiger partial charge on any atom is -0.340 e. The molecule has 2 aliphatic rings. The molecule has 1 N–H and O–H groups in total. The molecule has 1 amide bonds.